The van der Waals surface area contributed by atoms with Crippen molar-refractivity contribution in [2.75, 3.05) is 13.1 Å². The van der Waals surface area contributed by atoms with Gasteiger partial charge < -0.3 is 10.6 Å². The van der Waals surface area contributed by atoms with Crippen molar-refractivity contribution < 1.29 is 58.2 Å². The van der Waals surface area contributed by atoms with Crippen LogP contribution in [0.5, 0.6) is 0 Å². The maximum atomic E-state index is 4.68. The van der Waals surface area contributed by atoms with E-state index in [0.717, 1.165) is 13.1 Å². The molecule has 1 fully saturated rings. The van der Waals surface area contributed by atoms with Gasteiger partial charge in [0.25, 0.3) is 0 Å². The second-order valence-electron chi connectivity index (χ2n) is 4.34. The van der Waals surface area contributed by atoms with E-state index in [-0.39, 0.29) is 69.3 Å². The third-order valence-electron chi connectivity index (χ3n) is 1.72. The number of rotatable bonds is 0. The topological polar surface area (TPSA) is 26.1 Å². The second-order valence-corrected chi connectivity index (χ2v) is 4.34. The zero-order valence-electron chi connectivity index (χ0n) is 8.36. The molecule has 11 heavy (non-hydrogen) atoms. The fourth-order valence-electron chi connectivity index (χ4n) is 1.57. The summed E-state index contributed by atoms with van der Waals surface area (Å²) in [6.07, 6.45) is 0. The molecule has 0 unspecified atom stereocenters. The number of piperazine rings is 1. The van der Waals surface area contributed by atoms with Crippen molar-refractivity contribution in [1.29, 1.82) is 0 Å². The Morgan fingerprint density at radius 1 is 1.00 bits per heavy atom. The van der Waals surface area contributed by atoms with E-state index in [2.05, 4.69) is 38.3 Å². The van der Waals surface area contributed by atoms with Gasteiger partial charge in [0.15, 0.2) is 0 Å². The number of nitrogens with one attached hydrogen (secondary N) is 1. The first-order chi connectivity index (χ1) is 4.41. The third-order valence-corrected chi connectivity index (χ3v) is 1.72. The first-order valence-electron chi connectivity index (χ1n) is 3.86. The molecule has 1 rings (SSSR count). The van der Waals surface area contributed by atoms with Gasteiger partial charge in [-0.1, -0.05) is 27.7 Å². The van der Waals surface area contributed by atoms with Crippen LogP contribution in [-0.4, -0.2) is 24.2 Å². The van der Waals surface area contributed by atoms with Gasteiger partial charge in [0, 0.05) is 0 Å². The summed E-state index contributed by atoms with van der Waals surface area (Å²) in [6.45, 7) is 10.7. The molecule has 1 aliphatic rings. The first-order valence-corrected chi connectivity index (χ1v) is 3.86. The molecule has 60 valence electrons. The Hall–Kier alpha value is 1.73. The molecule has 0 radical (unpaired) electrons. The van der Waals surface area contributed by atoms with Gasteiger partial charge in [0.05, 0.1) is 0 Å². The van der Waals surface area contributed by atoms with E-state index in [1.807, 2.05) is 0 Å². The van der Waals surface area contributed by atoms with Crippen molar-refractivity contribution in [3.63, 3.8) is 0 Å². The van der Waals surface area contributed by atoms with E-state index in [1.165, 1.54) is 0 Å². The molecule has 1 heterocycles. The summed E-state index contributed by atoms with van der Waals surface area (Å²) >= 11 is 0. The Morgan fingerprint density at radius 3 is 1.55 bits per heavy atom. The molecule has 0 spiro atoms. The molecule has 0 saturated carbocycles. The van der Waals surface area contributed by atoms with Crippen LogP contribution in [0.3, 0.4) is 0 Å². The van der Waals surface area contributed by atoms with Gasteiger partial charge in [-0.25, -0.2) is 0 Å². The zero-order chi connectivity index (χ0) is 7.83. The molecule has 0 amide bonds. The fraction of sp³-hybridized carbons (Fsp3) is 1.00. The van der Waals surface area contributed by atoms with E-state index in [4.69, 9.17) is 0 Å². The van der Waals surface area contributed by atoms with Crippen LogP contribution in [0.2, 0.25) is 0 Å². The van der Waals surface area contributed by atoms with E-state index in [1.54, 1.807) is 0 Å². The second kappa shape index (κ2) is 4.29. The van der Waals surface area contributed by atoms with Crippen LogP contribution in [-0.2, 0) is 0 Å². The summed E-state index contributed by atoms with van der Waals surface area (Å²) < 4.78 is 0. The minimum atomic E-state index is 0. The van der Waals surface area contributed by atoms with Crippen molar-refractivity contribution in [2.45, 2.75) is 38.8 Å². The monoisotopic (exact) mass is 226 g/mol. The maximum Gasteiger partial charge on any atom is 1.00 e. The molecule has 3 heteroatoms. The fourth-order valence-corrected chi connectivity index (χ4v) is 1.57. The number of nitrogens with zero attached hydrogens (tertiary/aromatic N) is 1. The van der Waals surface area contributed by atoms with Gasteiger partial charge in [-0.05, 0) is 13.1 Å². The van der Waals surface area contributed by atoms with E-state index < -0.39 is 0 Å². The van der Waals surface area contributed by atoms with Crippen LogP contribution in [0.4, 0.5) is 0 Å². The van der Waals surface area contributed by atoms with E-state index in [0.29, 0.717) is 0 Å². The van der Waals surface area contributed by atoms with Crippen molar-refractivity contribution in [3.8, 4) is 0 Å². The van der Waals surface area contributed by atoms with Gasteiger partial charge in [-0.3, -0.25) is 0 Å². The van der Waals surface area contributed by atoms with Crippen molar-refractivity contribution in [3.05, 3.63) is 5.32 Å². The molecular weight excluding hydrogens is 210 g/mol. The van der Waals surface area contributed by atoms with Crippen LogP contribution in [0, 0.1) is 0 Å². The van der Waals surface area contributed by atoms with Crippen LogP contribution in [0.25, 0.3) is 5.32 Å². The smallest absolute Gasteiger partial charge is 0.650 e. The Kier molecular flexibility index (Phi) is 4.97. The number of hydrogen-bond donors (Lipinski definition) is 1. The SMILES string of the molecule is CC1(C)CNCC(C)(C)[N-]1.[Rb+]. The summed E-state index contributed by atoms with van der Waals surface area (Å²) in [6, 6.07) is 0. The minimum absolute atomic E-state index is 0. The van der Waals surface area contributed by atoms with Gasteiger partial charge >= 0.3 is 58.2 Å². The predicted octanol–water partition coefficient (Wildman–Crippen LogP) is -1.48. The maximum absolute atomic E-state index is 4.68. The summed E-state index contributed by atoms with van der Waals surface area (Å²) in [5.41, 5.74) is 0.253. The predicted molar refractivity (Wildman–Crippen MR) is 44.4 cm³/mol. The van der Waals surface area contributed by atoms with Crippen molar-refractivity contribution >= 4 is 0 Å². The molecule has 0 aliphatic carbocycles. The van der Waals surface area contributed by atoms with Crippen LogP contribution >= 0.6 is 0 Å². The minimum Gasteiger partial charge on any atom is -0.650 e. The quantitative estimate of drug-likeness (QED) is 0.536. The molecule has 0 bridgehead atoms. The van der Waals surface area contributed by atoms with Crippen molar-refractivity contribution in [2.24, 2.45) is 0 Å². The van der Waals surface area contributed by atoms with Gasteiger partial charge in [0.2, 0.25) is 0 Å². The van der Waals surface area contributed by atoms with E-state index >= 15 is 0 Å². The summed E-state index contributed by atoms with van der Waals surface area (Å²) in [4.78, 5) is 0. The molecule has 2 nitrogen and oxygen atoms in total. The van der Waals surface area contributed by atoms with E-state index in [9.17, 15) is 0 Å². The van der Waals surface area contributed by atoms with Crippen LogP contribution < -0.4 is 63.5 Å². The first kappa shape index (κ1) is 12.7. The Labute approximate surface area is 119 Å². The Balaban J connectivity index is 0.000001000. The molecule has 1 saturated heterocycles. The van der Waals surface area contributed by atoms with Crippen molar-refractivity contribution in [1.82, 2.24) is 5.32 Å². The van der Waals surface area contributed by atoms with Gasteiger partial charge in [-0.15, -0.1) is 11.1 Å². The summed E-state index contributed by atoms with van der Waals surface area (Å²) in [5, 5.41) is 8.06. The molecular formula is C8H17N2Rb. The van der Waals surface area contributed by atoms with Crippen LogP contribution in [0.1, 0.15) is 27.7 Å². The molecule has 1 N–H and O–H groups in total. The van der Waals surface area contributed by atoms with Gasteiger partial charge in [-0.2, -0.15) is 0 Å². The molecule has 0 atom stereocenters. The molecule has 0 aromatic heterocycles. The standard InChI is InChI=1S/C8H17N2.Rb/c1-7(2)5-9-6-8(3,4)10-7;/h9H,5-6H2,1-4H3;/q-1;+1. The summed E-state index contributed by atoms with van der Waals surface area (Å²) in [7, 11) is 0. The summed E-state index contributed by atoms with van der Waals surface area (Å²) in [5.74, 6) is 0. The Bertz CT molecular complexity index is 118. The number of hydrogen-bond acceptors (Lipinski definition) is 1. The Morgan fingerprint density at radius 2 is 1.36 bits per heavy atom. The third kappa shape index (κ3) is 4.48. The molecule has 0 aromatic rings. The molecule has 1 aliphatic heterocycles. The van der Waals surface area contributed by atoms with Gasteiger partial charge in [0.1, 0.15) is 0 Å². The van der Waals surface area contributed by atoms with Crippen LogP contribution in [0.15, 0.2) is 0 Å². The average molecular weight is 227 g/mol. The molecule has 0 aromatic carbocycles. The largest absolute Gasteiger partial charge is 1.00 e. The normalized spacial score (nSPS) is 27.3. The zero-order valence-corrected chi connectivity index (χ0v) is 13.3. The average Bonchev–Trinajstić information content (AvgIpc) is 1.56.